The van der Waals surface area contributed by atoms with E-state index in [9.17, 15) is 0 Å². The van der Waals surface area contributed by atoms with Gasteiger partial charge in [0.25, 0.3) is 0 Å². The molecule has 3 heterocycles. The number of nitrogens with one attached hydrogen (secondary N) is 2. The van der Waals surface area contributed by atoms with Gasteiger partial charge in [-0.1, -0.05) is 6.92 Å². The number of ether oxygens (including phenoxy) is 1. The predicted molar refractivity (Wildman–Crippen MR) is 80.4 cm³/mol. The Balaban J connectivity index is 1.99. The standard InChI is InChI=1S/C14H21N5O/c1-3-4-15-12-11-9-10(2)16-13(11)18-14(17-12)19-5-7-20-8-6-19/h9H,3-8H2,1-2H3,(H2,15,16,17,18). The Bertz CT molecular complexity index is 589. The second kappa shape index (κ2) is 5.66. The summed E-state index contributed by atoms with van der Waals surface area (Å²) in [6, 6.07) is 2.09. The van der Waals surface area contributed by atoms with Crippen molar-refractivity contribution < 1.29 is 4.74 Å². The summed E-state index contributed by atoms with van der Waals surface area (Å²) >= 11 is 0. The van der Waals surface area contributed by atoms with Gasteiger partial charge in [-0.25, -0.2) is 0 Å². The first-order chi connectivity index (χ1) is 9.78. The average Bonchev–Trinajstić information content (AvgIpc) is 2.86. The van der Waals surface area contributed by atoms with Gasteiger partial charge in [0.15, 0.2) is 0 Å². The summed E-state index contributed by atoms with van der Waals surface area (Å²) in [7, 11) is 0. The van der Waals surface area contributed by atoms with Crippen LogP contribution in [0, 0.1) is 6.92 Å². The predicted octanol–water partition coefficient (Wildman–Crippen LogP) is 1.92. The van der Waals surface area contributed by atoms with E-state index in [0.717, 1.165) is 67.8 Å². The summed E-state index contributed by atoms with van der Waals surface area (Å²) in [6.45, 7) is 8.28. The van der Waals surface area contributed by atoms with Gasteiger partial charge >= 0.3 is 0 Å². The Hall–Kier alpha value is -1.82. The molecule has 0 bridgehead atoms. The van der Waals surface area contributed by atoms with E-state index in [2.05, 4.69) is 33.2 Å². The molecule has 1 aliphatic heterocycles. The van der Waals surface area contributed by atoms with Crippen molar-refractivity contribution in [2.45, 2.75) is 20.3 Å². The molecule has 2 N–H and O–H groups in total. The molecule has 1 aliphatic rings. The summed E-state index contributed by atoms with van der Waals surface area (Å²) in [4.78, 5) is 14.8. The van der Waals surface area contributed by atoms with Gasteiger partial charge in [-0.15, -0.1) is 0 Å². The first-order valence-electron chi connectivity index (χ1n) is 7.22. The van der Waals surface area contributed by atoms with Crippen LogP contribution in [0.2, 0.25) is 0 Å². The SMILES string of the molecule is CCCNc1nc(N2CCOCC2)nc2[nH]c(C)cc12. The third kappa shape index (κ3) is 2.56. The van der Waals surface area contributed by atoms with Crippen molar-refractivity contribution in [1.82, 2.24) is 15.0 Å². The van der Waals surface area contributed by atoms with Crippen LogP contribution in [0.4, 0.5) is 11.8 Å². The lowest BCUT2D eigenvalue weighted by atomic mass is 10.3. The Labute approximate surface area is 118 Å². The van der Waals surface area contributed by atoms with Gasteiger partial charge in [-0.05, 0) is 19.4 Å². The van der Waals surface area contributed by atoms with Gasteiger partial charge in [-0.3, -0.25) is 0 Å². The number of aromatic amines is 1. The Kier molecular flexibility index (Phi) is 3.73. The number of morpholine rings is 1. The molecule has 0 aliphatic carbocycles. The zero-order valence-electron chi connectivity index (χ0n) is 12.1. The monoisotopic (exact) mass is 275 g/mol. The Morgan fingerprint density at radius 3 is 2.90 bits per heavy atom. The summed E-state index contributed by atoms with van der Waals surface area (Å²) in [6.07, 6.45) is 1.07. The van der Waals surface area contributed by atoms with Crippen LogP contribution >= 0.6 is 0 Å². The van der Waals surface area contributed by atoms with Crippen LogP contribution in [-0.2, 0) is 4.74 Å². The quantitative estimate of drug-likeness (QED) is 0.892. The molecule has 0 atom stereocenters. The molecule has 20 heavy (non-hydrogen) atoms. The van der Waals surface area contributed by atoms with Crippen LogP contribution in [0.1, 0.15) is 19.0 Å². The number of nitrogens with zero attached hydrogens (tertiary/aromatic N) is 3. The third-order valence-corrected chi connectivity index (χ3v) is 3.45. The number of hydrogen-bond acceptors (Lipinski definition) is 5. The molecule has 1 fully saturated rings. The zero-order valence-corrected chi connectivity index (χ0v) is 12.1. The normalized spacial score (nSPS) is 15.8. The molecule has 2 aromatic heterocycles. The molecule has 6 heteroatoms. The lowest BCUT2D eigenvalue weighted by Crippen LogP contribution is -2.37. The van der Waals surface area contributed by atoms with Crippen molar-refractivity contribution in [3.63, 3.8) is 0 Å². The molecule has 0 saturated carbocycles. The van der Waals surface area contributed by atoms with E-state index in [1.807, 2.05) is 6.92 Å². The highest BCUT2D eigenvalue weighted by atomic mass is 16.5. The molecule has 0 aromatic carbocycles. The van der Waals surface area contributed by atoms with Crippen molar-refractivity contribution in [2.24, 2.45) is 0 Å². The number of aromatic nitrogens is 3. The van der Waals surface area contributed by atoms with E-state index in [-0.39, 0.29) is 0 Å². The number of hydrogen-bond donors (Lipinski definition) is 2. The van der Waals surface area contributed by atoms with Crippen molar-refractivity contribution in [3.05, 3.63) is 11.8 Å². The molecule has 0 unspecified atom stereocenters. The lowest BCUT2D eigenvalue weighted by molar-refractivity contribution is 0.122. The average molecular weight is 275 g/mol. The van der Waals surface area contributed by atoms with Crippen molar-refractivity contribution in [1.29, 1.82) is 0 Å². The minimum absolute atomic E-state index is 0.739. The maximum atomic E-state index is 5.39. The summed E-state index contributed by atoms with van der Waals surface area (Å²) in [5.74, 6) is 1.70. The molecular formula is C14H21N5O. The summed E-state index contributed by atoms with van der Waals surface area (Å²) in [5.41, 5.74) is 2.01. The fourth-order valence-corrected chi connectivity index (χ4v) is 2.41. The van der Waals surface area contributed by atoms with Crippen LogP contribution in [0.3, 0.4) is 0 Å². The highest BCUT2D eigenvalue weighted by Crippen LogP contribution is 2.24. The molecule has 108 valence electrons. The molecule has 0 spiro atoms. The summed E-state index contributed by atoms with van der Waals surface area (Å²) in [5, 5.41) is 4.46. The van der Waals surface area contributed by atoms with Crippen molar-refractivity contribution >= 4 is 22.8 Å². The molecule has 0 radical (unpaired) electrons. The van der Waals surface area contributed by atoms with Crippen LogP contribution in [-0.4, -0.2) is 47.8 Å². The van der Waals surface area contributed by atoms with Crippen LogP contribution in [0.15, 0.2) is 6.07 Å². The van der Waals surface area contributed by atoms with E-state index < -0.39 is 0 Å². The topological polar surface area (TPSA) is 66.1 Å². The van der Waals surface area contributed by atoms with Gasteiger partial charge in [0.05, 0.1) is 18.6 Å². The van der Waals surface area contributed by atoms with Gasteiger partial charge in [0.1, 0.15) is 11.5 Å². The smallest absolute Gasteiger partial charge is 0.229 e. The van der Waals surface area contributed by atoms with Crippen molar-refractivity contribution in [3.8, 4) is 0 Å². The molecule has 2 aromatic rings. The van der Waals surface area contributed by atoms with Gasteiger partial charge in [0.2, 0.25) is 5.95 Å². The fourth-order valence-electron chi connectivity index (χ4n) is 2.41. The number of anilines is 2. The zero-order chi connectivity index (χ0) is 13.9. The second-order valence-electron chi connectivity index (χ2n) is 5.11. The van der Waals surface area contributed by atoms with Crippen LogP contribution < -0.4 is 10.2 Å². The van der Waals surface area contributed by atoms with E-state index >= 15 is 0 Å². The summed E-state index contributed by atoms with van der Waals surface area (Å²) < 4.78 is 5.39. The van der Waals surface area contributed by atoms with Gasteiger partial charge < -0.3 is 19.9 Å². The van der Waals surface area contributed by atoms with Gasteiger partial charge in [0, 0.05) is 25.3 Å². The minimum atomic E-state index is 0.739. The first-order valence-corrected chi connectivity index (χ1v) is 7.22. The Morgan fingerprint density at radius 2 is 2.15 bits per heavy atom. The lowest BCUT2D eigenvalue weighted by Gasteiger charge is -2.27. The van der Waals surface area contributed by atoms with Gasteiger partial charge in [-0.2, -0.15) is 9.97 Å². The molecule has 6 nitrogen and oxygen atoms in total. The number of aryl methyl sites for hydroxylation is 1. The van der Waals surface area contributed by atoms with E-state index in [0.29, 0.717) is 0 Å². The van der Waals surface area contributed by atoms with Crippen LogP contribution in [0.5, 0.6) is 0 Å². The van der Waals surface area contributed by atoms with E-state index in [1.54, 1.807) is 0 Å². The van der Waals surface area contributed by atoms with Crippen molar-refractivity contribution in [2.75, 3.05) is 43.1 Å². The molecule has 0 amide bonds. The maximum absolute atomic E-state index is 5.39. The van der Waals surface area contributed by atoms with E-state index in [4.69, 9.17) is 9.72 Å². The van der Waals surface area contributed by atoms with E-state index in [1.165, 1.54) is 0 Å². The molecule has 1 saturated heterocycles. The number of fused-ring (bicyclic) bond motifs is 1. The second-order valence-corrected chi connectivity index (χ2v) is 5.11. The minimum Gasteiger partial charge on any atom is -0.378 e. The largest absolute Gasteiger partial charge is 0.378 e. The Morgan fingerprint density at radius 1 is 1.35 bits per heavy atom. The molecular weight excluding hydrogens is 254 g/mol. The fraction of sp³-hybridized carbons (Fsp3) is 0.571. The highest BCUT2D eigenvalue weighted by molar-refractivity contribution is 5.89. The first kappa shape index (κ1) is 13.2. The number of H-pyrrole nitrogens is 1. The number of rotatable bonds is 4. The molecule has 3 rings (SSSR count). The maximum Gasteiger partial charge on any atom is 0.229 e. The highest BCUT2D eigenvalue weighted by Gasteiger charge is 2.17. The third-order valence-electron chi connectivity index (χ3n) is 3.45. The van der Waals surface area contributed by atoms with Crippen LogP contribution in [0.25, 0.3) is 11.0 Å².